The predicted octanol–water partition coefficient (Wildman–Crippen LogP) is 2.23. The van der Waals surface area contributed by atoms with E-state index in [0.29, 0.717) is 15.9 Å². The molecule has 0 saturated carbocycles. The van der Waals surface area contributed by atoms with Gasteiger partial charge in [-0.3, -0.25) is 4.79 Å². The van der Waals surface area contributed by atoms with Crippen molar-refractivity contribution in [2.24, 2.45) is 7.05 Å². The van der Waals surface area contributed by atoms with Gasteiger partial charge in [-0.2, -0.15) is 5.10 Å². The fourth-order valence-electron chi connectivity index (χ4n) is 1.55. The molecule has 1 heterocycles. The summed E-state index contributed by atoms with van der Waals surface area (Å²) in [5.74, 6) is 0. The zero-order valence-corrected chi connectivity index (χ0v) is 8.95. The Morgan fingerprint density at radius 3 is 2.93 bits per heavy atom. The second kappa shape index (κ2) is 3.51. The van der Waals surface area contributed by atoms with E-state index in [9.17, 15) is 4.79 Å². The Morgan fingerprint density at radius 2 is 2.27 bits per heavy atom. The van der Waals surface area contributed by atoms with Crippen LogP contribution in [0.1, 0.15) is 5.56 Å². The first-order chi connectivity index (χ1) is 7.15. The van der Waals surface area contributed by atoms with Gasteiger partial charge in [0.05, 0.1) is 5.39 Å². The summed E-state index contributed by atoms with van der Waals surface area (Å²) in [6, 6.07) is 5.39. The Balaban J connectivity index is 3.08. The van der Waals surface area contributed by atoms with Gasteiger partial charge in [0.2, 0.25) is 0 Å². The van der Waals surface area contributed by atoms with Crippen molar-refractivity contribution in [1.82, 2.24) is 9.78 Å². The Morgan fingerprint density at radius 1 is 1.53 bits per heavy atom. The third-order valence-corrected chi connectivity index (χ3v) is 2.55. The van der Waals surface area contributed by atoms with Crippen LogP contribution >= 0.6 is 11.6 Å². The number of aryl methyl sites for hydroxylation is 1. The number of hydrogen-bond acceptors (Lipinski definition) is 2. The van der Waals surface area contributed by atoms with Gasteiger partial charge in [0, 0.05) is 12.4 Å². The molecule has 1 aromatic heterocycles. The molecule has 3 nitrogen and oxygen atoms in total. The molecule has 0 atom stereocenters. The second-order valence-electron chi connectivity index (χ2n) is 3.19. The van der Waals surface area contributed by atoms with Gasteiger partial charge in [0.1, 0.15) is 0 Å². The van der Waals surface area contributed by atoms with Crippen molar-refractivity contribution in [2.45, 2.75) is 0 Å². The number of hydrogen-bond donors (Lipinski definition) is 0. The van der Waals surface area contributed by atoms with Crippen LogP contribution in [-0.4, -0.2) is 9.78 Å². The Kier molecular flexibility index (Phi) is 2.32. The lowest BCUT2D eigenvalue weighted by molar-refractivity contribution is 0.719. The van der Waals surface area contributed by atoms with Gasteiger partial charge in [-0.1, -0.05) is 36.4 Å². The van der Waals surface area contributed by atoms with E-state index in [1.165, 1.54) is 4.68 Å². The molecule has 0 radical (unpaired) electrons. The van der Waals surface area contributed by atoms with E-state index >= 15 is 0 Å². The van der Waals surface area contributed by atoms with Crippen LogP contribution in [0.2, 0.25) is 5.15 Å². The standard InChI is InChI=1S/C11H9ClN2O/c1-3-7-5-4-6-8-9(7)10(12)13-14(2)11(8)15/h3-6H,1H2,2H3. The molecule has 15 heavy (non-hydrogen) atoms. The van der Waals surface area contributed by atoms with Crippen LogP contribution in [0.3, 0.4) is 0 Å². The minimum atomic E-state index is -0.155. The van der Waals surface area contributed by atoms with Crippen molar-refractivity contribution < 1.29 is 0 Å². The summed E-state index contributed by atoms with van der Waals surface area (Å²) in [5, 5.41) is 5.48. The van der Waals surface area contributed by atoms with Crippen LogP contribution in [0, 0.1) is 0 Å². The van der Waals surface area contributed by atoms with Crippen molar-refractivity contribution in [1.29, 1.82) is 0 Å². The minimum Gasteiger partial charge on any atom is -0.267 e. The largest absolute Gasteiger partial charge is 0.274 e. The van der Waals surface area contributed by atoms with Gasteiger partial charge >= 0.3 is 0 Å². The van der Waals surface area contributed by atoms with Crippen LogP contribution in [0.25, 0.3) is 16.8 Å². The lowest BCUT2D eigenvalue weighted by Crippen LogP contribution is -2.19. The SMILES string of the molecule is C=Cc1cccc2c(=O)n(C)nc(Cl)c12. The van der Waals surface area contributed by atoms with E-state index in [0.717, 1.165) is 5.56 Å². The molecule has 4 heteroatoms. The highest BCUT2D eigenvalue weighted by Gasteiger charge is 2.08. The van der Waals surface area contributed by atoms with E-state index in [2.05, 4.69) is 11.7 Å². The molecule has 0 aliphatic carbocycles. The van der Waals surface area contributed by atoms with E-state index in [1.54, 1.807) is 25.3 Å². The molecule has 1 aromatic carbocycles. The number of rotatable bonds is 1. The summed E-state index contributed by atoms with van der Waals surface area (Å²) < 4.78 is 1.23. The summed E-state index contributed by atoms with van der Waals surface area (Å²) >= 11 is 6.00. The van der Waals surface area contributed by atoms with Crippen molar-refractivity contribution >= 4 is 28.4 Å². The first-order valence-corrected chi connectivity index (χ1v) is 4.81. The summed E-state index contributed by atoms with van der Waals surface area (Å²) in [6.45, 7) is 3.68. The third-order valence-electron chi connectivity index (χ3n) is 2.29. The maximum Gasteiger partial charge on any atom is 0.274 e. The summed E-state index contributed by atoms with van der Waals surface area (Å²) in [7, 11) is 1.58. The lowest BCUT2D eigenvalue weighted by atomic mass is 10.1. The number of nitrogens with zero attached hydrogens (tertiary/aromatic N) is 2. The van der Waals surface area contributed by atoms with Crippen molar-refractivity contribution in [2.75, 3.05) is 0 Å². The maximum absolute atomic E-state index is 11.8. The number of halogens is 1. The van der Waals surface area contributed by atoms with Gasteiger partial charge in [-0.05, 0) is 11.6 Å². The minimum absolute atomic E-state index is 0.155. The molecule has 0 bridgehead atoms. The zero-order chi connectivity index (χ0) is 11.0. The lowest BCUT2D eigenvalue weighted by Gasteiger charge is -2.05. The van der Waals surface area contributed by atoms with Crippen molar-refractivity contribution in [3.63, 3.8) is 0 Å². The monoisotopic (exact) mass is 220 g/mol. The number of benzene rings is 1. The average molecular weight is 221 g/mol. The fraction of sp³-hybridized carbons (Fsp3) is 0.0909. The van der Waals surface area contributed by atoms with Crippen LogP contribution in [0.4, 0.5) is 0 Å². The van der Waals surface area contributed by atoms with E-state index < -0.39 is 0 Å². The first-order valence-electron chi connectivity index (χ1n) is 4.43. The van der Waals surface area contributed by atoms with Gasteiger partial charge in [-0.15, -0.1) is 0 Å². The molecule has 0 N–H and O–H groups in total. The molecule has 0 fully saturated rings. The highest BCUT2D eigenvalue weighted by Crippen LogP contribution is 2.22. The summed E-state index contributed by atoms with van der Waals surface area (Å²) in [5.41, 5.74) is 0.667. The first kappa shape index (κ1) is 9.93. The molecule has 2 aromatic rings. The van der Waals surface area contributed by atoms with Gasteiger partial charge in [0.15, 0.2) is 5.15 Å². The molecule has 0 spiro atoms. The Bertz CT molecular complexity index is 601. The highest BCUT2D eigenvalue weighted by molar-refractivity contribution is 6.34. The molecule has 2 rings (SSSR count). The average Bonchev–Trinajstić information content (AvgIpc) is 2.25. The van der Waals surface area contributed by atoms with E-state index in [1.807, 2.05) is 6.07 Å². The molecule has 0 aliphatic heterocycles. The number of aromatic nitrogens is 2. The topological polar surface area (TPSA) is 34.9 Å². The Hall–Kier alpha value is -1.61. The van der Waals surface area contributed by atoms with Gasteiger partial charge in [-0.25, -0.2) is 4.68 Å². The molecule has 76 valence electrons. The van der Waals surface area contributed by atoms with Gasteiger partial charge < -0.3 is 0 Å². The zero-order valence-electron chi connectivity index (χ0n) is 8.20. The second-order valence-corrected chi connectivity index (χ2v) is 3.55. The summed E-state index contributed by atoms with van der Waals surface area (Å²) in [6.07, 6.45) is 1.66. The molecule has 0 saturated heterocycles. The number of fused-ring (bicyclic) bond motifs is 1. The highest BCUT2D eigenvalue weighted by atomic mass is 35.5. The maximum atomic E-state index is 11.8. The molecule has 0 unspecified atom stereocenters. The predicted molar refractivity (Wildman–Crippen MR) is 62.1 cm³/mol. The van der Waals surface area contributed by atoms with Gasteiger partial charge in [0.25, 0.3) is 5.56 Å². The third kappa shape index (κ3) is 1.45. The normalized spacial score (nSPS) is 10.5. The van der Waals surface area contributed by atoms with Crippen molar-refractivity contribution in [3.8, 4) is 0 Å². The molecular weight excluding hydrogens is 212 g/mol. The van der Waals surface area contributed by atoms with E-state index in [-0.39, 0.29) is 5.56 Å². The quantitative estimate of drug-likeness (QED) is 0.739. The molecule has 0 aliphatic rings. The van der Waals surface area contributed by atoms with E-state index in [4.69, 9.17) is 11.6 Å². The van der Waals surface area contributed by atoms with Crippen LogP contribution in [0.15, 0.2) is 29.6 Å². The van der Waals surface area contributed by atoms with Crippen LogP contribution in [0.5, 0.6) is 0 Å². The van der Waals surface area contributed by atoms with Crippen LogP contribution < -0.4 is 5.56 Å². The Labute approximate surface area is 91.6 Å². The fourth-order valence-corrected chi connectivity index (χ4v) is 1.87. The molecular formula is C11H9ClN2O. The smallest absolute Gasteiger partial charge is 0.267 e. The molecule has 0 amide bonds. The summed E-state index contributed by atoms with van der Waals surface area (Å²) in [4.78, 5) is 11.8. The van der Waals surface area contributed by atoms with Crippen LogP contribution in [-0.2, 0) is 7.05 Å². The van der Waals surface area contributed by atoms with Crippen molar-refractivity contribution in [3.05, 3.63) is 45.8 Å².